The molecule has 2 aromatic carbocycles. The second kappa shape index (κ2) is 14.2. The zero-order valence-electron chi connectivity index (χ0n) is 24.6. The Morgan fingerprint density at radius 3 is 2.74 bits per heavy atom. The SMILES string of the molecule is CC(=O)NCCC(CCCCCNc1c2c(nc3ccccc13)CCCC2)CC(OC(N)=O)c1ccc2[nH]ccc2c1. The quantitative estimate of drug-likeness (QED) is 0.123. The van der Waals surface area contributed by atoms with Crippen molar-refractivity contribution < 1.29 is 14.3 Å². The Kier molecular flexibility index (Phi) is 9.95. The van der Waals surface area contributed by atoms with E-state index < -0.39 is 12.2 Å². The van der Waals surface area contributed by atoms with E-state index in [1.54, 1.807) is 0 Å². The van der Waals surface area contributed by atoms with E-state index >= 15 is 0 Å². The van der Waals surface area contributed by atoms with Crippen LogP contribution in [-0.4, -0.2) is 35.1 Å². The van der Waals surface area contributed by atoms with Gasteiger partial charge in [-0.25, -0.2) is 4.79 Å². The summed E-state index contributed by atoms with van der Waals surface area (Å²) in [4.78, 5) is 31.5. The molecule has 4 aromatic rings. The number of aromatic nitrogens is 2. The summed E-state index contributed by atoms with van der Waals surface area (Å²) in [6.07, 6.45) is 11.0. The summed E-state index contributed by atoms with van der Waals surface area (Å²) in [5.74, 6) is 0.237. The number of nitrogens with two attached hydrogens (primary N) is 1. The zero-order valence-corrected chi connectivity index (χ0v) is 24.6. The second-order valence-corrected chi connectivity index (χ2v) is 11.5. The molecule has 0 bridgehead atoms. The van der Waals surface area contributed by atoms with Crippen molar-refractivity contribution in [3.8, 4) is 0 Å². The third kappa shape index (κ3) is 7.60. The van der Waals surface area contributed by atoms with Gasteiger partial charge in [0, 0.05) is 48.5 Å². The summed E-state index contributed by atoms with van der Waals surface area (Å²) in [5.41, 5.74) is 12.5. The van der Waals surface area contributed by atoms with Crippen molar-refractivity contribution in [2.45, 2.75) is 77.2 Å². The number of unbranched alkanes of at least 4 members (excludes halogenated alkanes) is 2. The largest absolute Gasteiger partial charge is 0.442 e. The van der Waals surface area contributed by atoms with Gasteiger partial charge in [0.2, 0.25) is 5.91 Å². The van der Waals surface area contributed by atoms with Crippen molar-refractivity contribution >= 4 is 39.5 Å². The van der Waals surface area contributed by atoms with Gasteiger partial charge in [0.1, 0.15) is 6.10 Å². The van der Waals surface area contributed by atoms with Gasteiger partial charge in [-0.1, -0.05) is 43.5 Å². The number of nitrogens with one attached hydrogen (secondary N) is 3. The van der Waals surface area contributed by atoms with E-state index in [4.69, 9.17) is 15.5 Å². The van der Waals surface area contributed by atoms with Gasteiger partial charge in [0.05, 0.1) is 5.52 Å². The maximum absolute atomic E-state index is 11.8. The molecule has 5 N–H and O–H groups in total. The van der Waals surface area contributed by atoms with Gasteiger partial charge < -0.3 is 26.1 Å². The molecular weight excluding hydrogens is 526 g/mol. The number of aromatic amines is 1. The predicted molar refractivity (Wildman–Crippen MR) is 168 cm³/mol. The molecule has 1 aliphatic rings. The Morgan fingerprint density at radius 2 is 1.88 bits per heavy atom. The first-order chi connectivity index (χ1) is 20.5. The molecule has 5 rings (SSSR count). The van der Waals surface area contributed by atoms with Crippen LogP contribution in [0.3, 0.4) is 0 Å². The first-order valence-corrected chi connectivity index (χ1v) is 15.4. The summed E-state index contributed by atoms with van der Waals surface area (Å²) in [7, 11) is 0. The molecule has 0 radical (unpaired) electrons. The molecule has 42 heavy (non-hydrogen) atoms. The molecule has 0 aliphatic heterocycles. The number of pyridine rings is 1. The second-order valence-electron chi connectivity index (χ2n) is 11.5. The van der Waals surface area contributed by atoms with Crippen LogP contribution in [0.5, 0.6) is 0 Å². The number of hydrogen-bond acceptors (Lipinski definition) is 5. The number of benzene rings is 2. The van der Waals surface area contributed by atoms with Crippen molar-refractivity contribution in [3.63, 3.8) is 0 Å². The van der Waals surface area contributed by atoms with E-state index in [2.05, 4.69) is 45.9 Å². The number of H-pyrrole nitrogens is 1. The van der Waals surface area contributed by atoms with E-state index in [1.165, 1.54) is 42.1 Å². The molecule has 2 aromatic heterocycles. The molecule has 2 unspecified atom stereocenters. The maximum atomic E-state index is 11.8. The van der Waals surface area contributed by atoms with E-state index in [9.17, 15) is 9.59 Å². The highest BCUT2D eigenvalue weighted by atomic mass is 16.6. The Hall–Kier alpha value is -4.07. The van der Waals surface area contributed by atoms with Gasteiger partial charge in [-0.2, -0.15) is 0 Å². The lowest BCUT2D eigenvalue weighted by molar-refractivity contribution is -0.119. The van der Waals surface area contributed by atoms with Crippen molar-refractivity contribution in [1.29, 1.82) is 0 Å². The highest BCUT2D eigenvalue weighted by Crippen LogP contribution is 2.34. The highest BCUT2D eigenvalue weighted by molar-refractivity contribution is 5.93. The van der Waals surface area contributed by atoms with Crippen molar-refractivity contribution in [1.82, 2.24) is 15.3 Å². The van der Waals surface area contributed by atoms with Gasteiger partial charge in [0.25, 0.3) is 0 Å². The molecule has 1 aliphatic carbocycles. The van der Waals surface area contributed by atoms with E-state index in [-0.39, 0.29) is 11.8 Å². The van der Waals surface area contributed by atoms with Crippen molar-refractivity contribution in [3.05, 3.63) is 71.5 Å². The highest BCUT2D eigenvalue weighted by Gasteiger charge is 2.22. The number of fused-ring (bicyclic) bond motifs is 3. The fourth-order valence-electron chi connectivity index (χ4n) is 6.32. The third-order valence-electron chi connectivity index (χ3n) is 8.44. The van der Waals surface area contributed by atoms with Crippen LogP contribution in [0.1, 0.15) is 81.2 Å². The number of nitrogens with zero attached hydrogens (tertiary/aromatic N) is 1. The Labute approximate surface area is 247 Å². The molecule has 0 fully saturated rings. The van der Waals surface area contributed by atoms with Crippen LogP contribution in [-0.2, 0) is 22.4 Å². The zero-order chi connectivity index (χ0) is 29.3. The number of anilines is 1. The van der Waals surface area contributed by atoms with E-state index in [0.717, 1.165) is 73.5 Å². The summed E-state index contributed by atoms with van der Waals surface area (Å²) in [6.45, 7) is 3.05. The lowest BCUT2D eigenvalue weighted by atomic mass is 9.89. The van der Waals surface area contributed by atoms with Gasteiger partial charge in [-0.05, 0) is 91.6 Å². The van der Waals surface area contributed by atoms with Gasteiger partial charge in [0.15, 0.2) is 0 Å². The molecule has 8 heteroatoms. The molecule has 2 amide bonds. The summed E-state index contributed by atoms with van der Waals surface area (Å²) in [5, 5.41) is 8.99. The number of amides is 2. The standard InChI is InChI=1S/C34H43N5O3/c1-23(40)36-19-16-24(21-32(42-34(35)41)26-14-15-29-25(22-26)17-20-37-29)9-3-2-8-18-38-33-27-10-4-6-12-30(27)39-31-13-7-5-11-28(31)33/h4,6,10,12,14-15,17,20,22,24,32,37H,2-3,5,7-9,11,13,16,18-19,21H2,1H3,(H2,35,41)(H,36,40)(H,38,39). The van der Waals surface area contributed by atoms with Crippen LogP contribution >= 0.6 is 0 Å². The minimum absolute atomic E-state index is 0.0338. The number of ether oxygens (including phenoxy) is 1. The van der Waals surface area contributed by atoms with Crippen LogP contribution in [0.25, 0.3) is 21.8 Å². The first kappa shape index (κ1) is 29.4. The molecule has 222 valence electrons. The topological polar surface area (TPSA) is 122 Å². The smallest absolute Gasteiger partial charge is 0.405 e. The van der Waals surface area contributed by atoms with Crippen LogP contribution in [0.4, 0.5) is 10.5 Å². The van der Waals surface area contributed by atoms with Crippen LogP contribution in [0.2, 0.25) is 0 Å². The fraction of sp³-hybridized carbons (Fsp3) is 0.441. The number of hydrogen-bond donors (Lipinski definition) is 4. The monoisotopic (exact) mass is 569 g/mol. The van der Waals surface area contributed by atoms with Gasteiger partial charge in [-0.3, -0.25) is 9.78 Å². The van der Waals surface area contributed by atoms with Gasteiger partial charge >= 0.3 is 6.09 Å². The average molecular weight is 570 g/mol. The number of carbonyl (C=O) groups excluding carboxylic acids is 2. The maximum Gasteiger partial charge on any atom is 0.405 e. The number of primary amides is 1. The Morgan fingerprint density at radius 1 is 1.02 bits per heavy atom. The third-order valence-corrected chi connectivity index (χ3v) is 8.44. The average Bonchev–Trinajstić information content (AvgIpc) is 3.45. The predicted octanol–water partition coefficient (Wildman–Crippen LogP) is 6.94. The molecule has 2 atom stereocenters. The van der Waals surface area contributed by atoms with E-state index in [1.807, 2.05) is 24.4 Å². The summed E-state index contributed by atoms with van der Waals surface area (Å²) < 4.78 is 5.62. The Bertz CT molecular complexity index is 1510. The van der Waals surface area contributed by atoms with E-state index in [0.29, 0.717) is 13.0 Å². The number of rotatable bonds is 14. The molecule has 0 spiro atoms. The molecular formula is C34H43N5O3. The normalized spacial score (nSPS) is 14.3. The Balaban J connectivity index is 1.19. The molecule has 0 saturated heterocycles. The first-order valence-electron chi connectivity index (χ1n) is 15.4. The number of aryl methyl sites for hydroxylation is 1. The minimum Gasteiger partial charge on any atom is -0.442 e. The number of para-hydroxylation sites is 1. The lowest BCUT2D eigenvalue weighted by Crippen LogP contribution is -2.25. The van der Waals surface area contributed by atoms with Crippen LogP contribution < -0.4 is 16.4 Å². The minimum atomic E-state index is -0.772. The van der Waals surface area contributed by atoms with Crippen LogP contribution in [0.15, 0.2) is 54.7 Å². The summed E-state index contributed by atoms with van der Waals surface area (Å²) >= 11 is 0. The van der Waals surface area contributed by atoms with Gasteiger partial charge in [-0.15, -0.1) is 0 Å². The van der Waals surface area contributed by atoms with Crippen molar-refractivity contribution in [2.24, 2.45) is 11.7 Å². The van der Waals surface area contributed by atoms with Crippen molar-refractivity contribution in [2.75, 3.05) is 18.4 Å². The fourth-order valence-corrected chi connectivity index (χ4v) is 6.32. The molecule has 8 nitrogen and oxygen atoms in total. The lowest BCUT2D eigenvalue weighted by Gasteiger charge is -2.24. The molecule has 2 heterocycles. The molecule has 0 saturated carbocycles. The number of carbonyl (C=O) groups is 2. The van der Waals surface area contributed by atoms with Crippen LogP contribution in [0, 0.1) is 5.92 Å². The summed E-state index contributed by atoms with van der Waals surface area (Å²) in [6, 6.07) is 16.5.